The Kier molecular flexibility index (Phi) is 4.93. The van der Waals surface area contributed by atoms with E-state index in [9.17, 15) is 14.7 Å². The molecule has 1 atom stereocenters. The van der Waals surface area contributed by atoms with Gasteiger partial charge in [-0.1, -0.05) is 26.2 Å². The number of carbonyl (C=O) groups is 2. The van der Waals surface area contributed by atoms with Gasteiger partial charge in [0.15, 0.2) is 5.60 Å². The number of hydrogen-bond acceptors (Lipinski definition) is 3. The molecule has 4 heteroatoms. The van der Waals surface area contributed by atoms with E-state index >= 15 is 0 Å². The molecule has 1 rings (SSSR count). The van der Waals surface area contributed by atoms with E-state index in [-0.39, 0.29) is 6.42 Å². The van der Waals surface area contributed by atoms with E-state index in [2.05, 4.69) is 0 Å². The molecule has 92 valence electrons. The Bertz CT molecular complexity index is 247. The molecule has 1 N–H and O–H groups in total. The van der Waals surface area contributed by atoms with Gasteiger partial charge in [-0.05, 0) is 18.8 Å². The van der Waals surface area contributed by atoms with E-state index in [1.54, 1.807) is 0 Å². The Labute approximate surface area is 96.0 Å². The molecule has 0 radical (unpaired) electrons. The van der Waals surface area contributed by atoms with Crippen molar-refractivity contribution in [3.8, 4) is 0 Å². The van der Waals surface area contributed by atoms with Crippen molar-refractivity contribution < 1.29 is 19.4 Å². The second kappa shape index (κ2) is 5.99. The van der Waals surface area contributed by atoms with Crippen molar-refractivity contribution in [2.24, 2.45) is 5.92 Å². The van der Waals surface area contributed by atoms with Crippen molar-refractivity contribution in [2.75, 3.05) is 6.61 Å². The standard InChI is InChI=1S/C12H20O4/c1-2-3-8-16-12(6-7-13,11(14)15)9-10-4-5-10/h7,10H,2-6,8-9H2,1H3,(H,14,15). The number of ether oxygens (including phenoxy) is 1. The molecule has 1 aliphatic rings. The normalized spacial score (nSPS) is 19.1. The zero-order valence-corrected chi connectivity index (χ0v) is 9.78. The maximum atomic E-state index is 11.3. The van der Waals surface area contributed by atoms with Crippen LogP contribution in [-0.2, 0) is 14.3 Å². The van der Waals surface area contributed by atoms with Gasteiger partial charge in [-0.25, -0.2) is 4.79 Å². The van der Waals surface area contributed by atoms with E-state index in [4.69, 9.17) is 4.74 Å². The quantitative estimate of drug-likeness (QED) is 0.484. The Morgan fingerprint density at radius 2 is 2.25 bits per heavy atom. The first kappa shape index (κ1) is 13.2. The molecule has 1 unspecified atom stereocenters. The average molecular weight is 228 g/mol. The molecule has 0 aromatic heterocycles. The molecule has 0 heterocycles. The highest BCUT2D eigenvalue weighted by Gasteiger charge is 2.43. The van der Waals surface area contributed by atoms with E-state index in [0.717, 1.165) is 25.7 Å². The predicted molar refractivity (Wildman–Crippen MR) is 59.2 cm³/mol. The molecule has 0 spiro atoms. The number of aldehydes is 1. The van der Waals surface area contributed by atoms with Gasteiger partial charge in [-0.15, -0.1) is 0 Å². The lowest BCUT2D eigenvalue weighted by Gasteiger charge is -2.27. The van der Waals surface area contributed by atoms with Crippen LogP contribution in [0.5, 0.6) is 0 Å². The smallest absolute Gasteiger partial charge is 0.336 e. The van der Waals surface area contributed by atoms with Gasteiger partial charge in [-0.2, -0.15) is 0 Å². The second-order valence-electron chi connectivity index (χ2n) is 4.52. The van der Waals surface area contributed by atoms with Crippen LogP contribution in [-0.4, -0.2) is 29.6 Å². The molecule has 1 aliphatic carbocycles. The Morgan fingerprint density at radius 3 is 2.69 bits per heavy atom. The SMILES string of the molecule is CCCCOC(CC=O)(CC1CC1)C(=O)O. The van der Waals surface area contributed by atoms with Crippen LogP contribution >= 0.6 is 0 Å². The predicted octanol–water partition coefficient (Wildman–Crippen LogP) is 2.02. The zero-order chi connectivity index (χ0) is 12.0. The number of carboxylic acids is 1. The first-order valence-corrected chi connectivity index (χ1v) is 5.95. The average Bonchev–Trinajstić information content (AvgIpc) is 3.02. The monoisotopic (exact) mass is 228 g/mol. The summed E-state index contributed by atoms with van der Waals surface area (Å²) in [4.78, 5) is 21.9. The van der Waals surface area contributed by atoms with Crippen LogP contribution in [0.1, 0.15) is 45.4 Å². The second-order valence-corrected chi connectivity index (χ2v) is 4.52. The number of hydrogen-bond donors (Lipinski definition) is 1. The first-order chi connectivity index (χ1) is 7.64. The maximum absolute atomic E-state index is 11.3. The number of carbonyl (C=O) groups excluding carboxylic acids is 1. The minimum Gasteiger partial charge on any atom is -0.479 e. The molecule has 0 bridgehead atoms. The fourth-order valence-corrected chi connectivity index (χ4v) is 1.77. The van der Waals surface area contributed by atoms with Gasteiger partial charge >= 0.3 is 5.97 Å². The summed E-state index contributed by atoms with van der Waals surface area (Å²) in [5.41, 5.74) is -1.27. The summed E-state index contributed by atoms with van der Waals surface area (Å²) in [5.74, 6) is -0.569. The summed E-state index contributed by atoms with van der Waals surface area (Å²) >= 11 is 0. The Morgan fingerprint density at radius 1 is 1.56 bits per heavy atom. The van der Waals surface area contributed by atoms with E-state index in [1.807, 2.05) is 6.92 Å². The minimum atomic E-state index is -1.27. The third-order valence-corrected chi connectivity index (χ3v) is 2.99. The molecule has 0 amide bonds. The number of rotatable bonds is 9. The van der Waals surface area contributed by atoms with E-state index in [0.29, 0.717) is 25.2 Å². The summed E-state index contributed by atoms with van der Waals surface area (Å²) in [6.45, 7) is 2.44. The van der Waals surface area contributed by atoms with Crippen molar-refractivity contribution in [3.63, 3.8) is 0 Å². The lowest BCUT2D eigenvalue weighted by Crippen LogP contribution is -2.43. The van der Waals surface area contributed by atoms with Crippen LogP contribution in [0.4, 0.5) is 0 Å². The fraction of sp³-hybridized carbons (Fsp3) is 0.833. The summed E-state index contributed by atoms with van der Waals surface area (Å²) in [5, 5.41) is 9.25. The van der Waals surface area contributed by atoms with Gasteiger partial charge in [0.1, 0.15) is 6.29 Å². The highest BCUT2D eigenvalue weighted by molar-refractivity contribution is 5.81. The van der Waals surface area contributed by atoms with Crippen molar-refractivity contribution in [1.29, 1.82) is 0 Å². The van der Waals surface area contributed by atoms with Crippen molar-refractivity contribution >= 4 is 12.3 Å². The van der Waals surface area contributed by atoms with Crippen LogP contribution in [0.3, 0.4) is 0 Å². The van der Waals surface area contributed by atoms with Crippen molar-refractivity contribution in [1.82, 2.24) is 0 Å². The lowest BCUT2D eigenvalue weighted by molar-refractivity contribution is -0.169. The molecular weight excluding hydrogens is 208 g/mol. The molecular formula is C12H20O4. The van der Waals surface area contributed by atoms with Gasteiger partial charge in [0.2, 0.25) is 0 Å². The Hall–Kier alpha value is -0.900. The minimum absolute atomic E-state index is 0.0391. The molecule has 0 aromatic carbocycles. The highest BCUT2D eigenvalue weighted by Crippen LogP contribution is 2.39. The lowest BCUT2D eigenvalue weighted by atomic mass is 9.93. The van der Waals surface area contributed by atoms with Crippen LogP contribution in [0.25, 0.3) is 0 Å². The number of carboxylic acid groups (broad SMARTS) is 1. The molecule has 0 saturated heterocycles. The van der Waals surface area contributed by atoms with Crippen molar-refractivity contribution in [2.45, 2.75) is 51.0 Å². The third kappa shape index (κ3) is 3.59. The number of aliphatic carboxylic acids is 1. The topological polar surface area (TPSA) is 63.6 Å². The van der Waals surface area contributed by atoms with E-state index < -0.39 is 11.6 Å². The first-order valence-electron chi connectivity index (χ1n) is 5.95. The van der Waals surface area contributed by atoms with Gasteiger partial charge in [0.05, 0.1) is 0 Å². The molecule has 4 nitrogen and oxygen atoms in total. The summed E-state index contributed by atoms with van der Waals surface area (Å²) in [6.07, 6.45) is 5.00. The van der Waals surface area contributed by atoms with Gasteiger partial charge < -0.3 is 14.6 Å². The molecule has 16 heavy (non-hydrogen) atoms. The van der Waals surface area contributed by atoms with Crippen LogP contribution < -0.4 is 0 Å². The van der Waals surface area contributed by atoms with Gasteiger partial charge in [-0.3, -0.25) is 0 Å². The van der Waals surface area contributed by atoms with Crippen LogP contribution in [0, 0.1) is 5.92 Å². The largest absolute Gasteiger partial charge is 0.479 e. The van der Waals surface area contributed by atoms with Crippen LogP contribution in [0.2, 0.25) is 0 Å². The Balaban J connectivity index is 2.60. The molecule has 0 aliphatic heterocycles. The molecule has 1 fully saturated rings. The fourth-order valence-electron chi connectivity index (χ4n) is 1.77. The van der Waals surface area contributed by atoms with Crippen molar-refractivity contribution in [3.05, 3.63) is 0 Å². The molecule has 1 saturated carbocycles. The summed E-state index contributed by atoms with van der Waals surface area (Å²) < 4.78 is 5.49. The van der Waals surface area contributed by atoms with Gasteiger partial charge in [0, 0.05) is 13.0 Å². The molecule has 0 aromatic rings. The third-order valence-electron chi connectivity index (χ3n) is 2.99. The van der Waals surface area contributed by atoms with E-state index in [1.165, 1.54) is 0 Å². The summed E-state index contributed by atoms with van der Waals surface area (Å²) in [6, 6.07) is 0. The zero-order valence-electron chi connectivity index (χ0n) is 9.78. The highest BCUT2D eigenvalue weighted by atomic mass is 16.5. The maximum Gasteiger partial charge on any atom is 0.336 e. The summed E-state index contributed by atoms with van der Waals surface area (Å²) in [7, 11) is 0. The number of unbranched alkanes of at least 4 members (excludes halogenated alkanes) is 1. The van der Waals surface area contributed by atoms with Gasteiger partial charge in [0.25, 0.3) is 0 Å². The van der Waals surface area contributed by atoms with Crippen LogP contribution in [0.15, 0.2) is 0 Å².